The lowest BCUT2D eigenvalue weighted by Gasteiger charge is -2.40. The van der Waals surface area contributed by atoms with Crippen molar-refractivity contribution in [3.63, 3.8) is 0 Å². The number of carboxylic acids is 3. The van der Waals surface area contributed by atoms with Gasteiger partial charge in [-0.1, -0.05) is 12.1 Å². The molecule has 3 aliphatic rings. The minimum atomic E-state index is -1.86. The minimum Gasteiger partial charge on any atom is -0.504 e. The van der Waals surface area contributed by atoms with Crippen LogP contribution in [0.25, 0.3) is 6.08 Å². The van der Waals surface area contributed by atoms with Crippen LogP contribution in [0, 0.1) is 0 Å². The lowest BCUT2D eigenvalue weighted by molar-refractivity contribution is -0.278. The Hall–Kier alpha value is -5.82. The highest BCUT2D eigenvalue weighted by Crippen LogP contribution is 2.42. The molecule has 0 radical (unpaired) electrons. The second-order valence-corrected chi connectivity index (χ2v) is 12.1. The number of aliphatic hydroxyl groups excluding tert-OH is 3. The maximum atomic E-state index is 12.4. The number of carboxylic acid groups (broad SMARTS) is 3. The number of esters is 1. The zero-order valence-corrected chi connectivity index (χ0v) is 27.4. The Kier molecular flexibility index (Phi) is 11.2. The third-order valence-corrected chi connectivity index (χ3v) is 8.64. The molecule has 278 valence electrons. The molecular weight excluding hydrogens is 692 g/mol. The number of fused-ring (bicyclic) bond motifs is 1. The second kappa shape index (κ2) is 15.6. The Balaban J connectivity index is 1.31. The van der Waals surface area contributed by atoms with Crippen molar-refractivity contribution in [2.24, 2.45) is 0 Å². The SMILES string of the molecule is COc1cc(/C=C/C(=O)OC[C@@H]2O[C@H](Oc3cc4c(cc3O)C[C@@H](C(=O)O)N4C/C=C3\C=C(C(=O)O)N[C@@H](C(=O)O)C3)[C@H](O)[C@@H](O)[C@@H]2O)ccc1O. The van der Waals surface area contributed by atoms with Gasteiger partial charge in [0.25, 0.3) is 0 Å². The number of hydrogen-bond donors (Lipinski definition) is 9. The van der Waals surface area contributed by atoms with Crippen molar-refractivity contribution >= 4 is 35.6 Å². The number of nitrogens with zero attached hydrogens (tertiary/aromatic N) is 1. The van der Waals surface area contributed by atoms with Crippen molar-refractivity contribution in [2.45, 2.75) is 55.6 Å². The summed E-state index contributed by atoms with van der Waals surface area (Å²) in [6.45, 7) is -0.711. The van der Waals surface area contributed by atoms with E-state index in [1.807, 2.05) is 0 Å². The largest absolute Gasteiger partial charge is 0.504 e. The van der Waals surface area contributed by atoms with Gasteiger partial charge in [0.2, 0.25) is 6.29 Å². The Labute approximate surface area is 294 Å². The highest BCUT2D eigenvalue weighted by Gasteiger charge is 2.46. The number of hydrogen-bond acceptors (Lipinski definition) is 15. The number of methoxy groups -OCH3 is 1. The molecule has 2 aromatic carbocycles. The average molecular weight is 729 g/mol. The molecule has 3 heterocycles. The topological polar surface area (TPSA) is 282 Å². The summed E-state index contributed by atoms with van der Waals surface area (Å²) in [5.41, 5.74) is 1.15. The molecule has 0 spiro atoms. The van der Waals surface area contributed by atoms with Gasteiger partial charge in [-0.15, -0.1) is 0 Å². The van der Waals surface area contributed by atoms with Crippen molar-refractivity contribution in [2.75, 3.05) is 25.2 Å². The Morgan fingerprint density at radius 1 is 0.942 bits per heavy atom. The van der Waals surface area contributed by atoms with Crippen molar-refractivity contribution in [1.82, 2.24) is 5.32 Å². The fourth-order valence-corrected chi connectivity index (χ4v) is 5.90. The molecule has 9 N–H and O–H groups in total. The first-order valence-corrected chi connectivity index (χ1v) is 15.7. The van der Waals surface area contributed by atoms with Gasteiger partial charge in [-0.2, -0.15) is 0 Å². The Bertz CT molecular complexity index is 1820. The number of aliphatic carboxylic acids is 3. The molecule has 52 heavy (non-hydrogen) atoms. The number of aliphatic hydroxyl groups is 3. The van der Waals surface area contributed by atoms with Crippen LogP contribution < -0.4 is 19.7 Å². The van der Waals surface area contributed by atoms with Gasteiger partial charge < -0.3 is 70.0 Å². The zero-order chi connectivity index (χ0) is 37.9. The lowest BCUT2D eigenvalue weighted by Crippen LogP contribution is -2.60. The van der Waals surface area contributed by atoms with Crippen molar-refractivity contribution in [3.8, 4) is 23.0 Å². The molecule has 0 aliphatic carbocycles. The van der Waals surface area contributed by atoms with E-state index in [2.05, 4.69) is 5.32 Å². The molecule has 18 nitrogen and oxygen atoms in total. The summed E-state index contributed by atoms with van der Waals surface area (Å²) >= 11 is 0. The molecular formula is C34H36N2O16. The van der Waals surface area contributed by atoms with Crippen molar-refractivity contribution in [1.29, 1.82) is 0 Å². The predicted octanol–water partition coefficient (Wildman–Crippen LogP) is -0.293. The first kappa shape index (κ1) is 37.4. The van der Waals surface area contributed by atoms with Gasteiger partial charge in [0.1, 0.15) is 48.8 Å². The van der Waals surface area contributed by atoms with E-state index < -0.39 is 79.0 Å². The van der Waals surface area contributed by atoms with Crippen LogP contribution in [0.1, 0.15) is 17.5 Å². The smallest absolute Gasteiger partial charge is 0.351 e. The molecule has 18 heteroatoms. The molecule has 7 atom stereocenters. The van der Waals surface area contributed by atoms with Gasteiger partial charge in [0.15, 0.2) is 23.0 Å². The molecule has 3 aliphatic heterocycles. The number of carbonyl (C=O) groups excluding carboxylic acids is 1. The van der Waals surface area contributed by atoms with Crippen LogP contribution in [0.3, 0.4) is 0 Å². The van der Waals surface area contributed by atoms with E-state index in [9.17, 15) is 60.0 Å². The molecule has 1 saturated heterocycles. The van der Waals surface area contributed by atoms with Crippen LogP contribution in [0.15, 0.2) is 59.8 Å². The van der Waals surface area contributed by atoms with Gasteiger partial charge in [0.05, 0.1) is 7.11 Å². The summed E-state index contributed by atoms with van der Waals surface area (Å²) in [5.74, 6) is -5.44. The summed E-state index contributed by atoms with van der Waals surface area (Å²) < 4.78 is 21.5. The number of phenolic OH excluding ortho intramolecular Hbond substituents is 2. The van der Waals surface area contributed by atoms with Crippen molar-refractivity contribution in [3.05, 3.63) is 71.0 Å². The minimum absolute atomic E-state index is 0.0488. The van der Waals surface area contributed by atoms with Crippen LogP contribution >= 0.6 is 0 Å². The van der Waals surface area contributed by atoms with Crippen molar-refractivity contribution < 1.29 is 79.0 Å². The third kappa shape index (κ3) is 8.21. The standard InChI is InChI=1S/C34H36N2O16/c1-49-24-10-15(2-4-22(24)37)3-5-27(39)50-14-26-28(40)29(41)30(42)34(52-26)51-25-13-20-17(12-23(25)38)11-21(33(47)48)36(20)7-6-16-8-18(31(43)44)35-19(9-16)32(45)46/h2-6,8,10,12-13,19,21,26,28-30,34-35,37-38,40-42H,7,9,11,14H2,1H3,(H,43,44)(H,45,46)(H,47,48)/b5-3+,16-6+/t19-,21+,26+,28-,29+,30-,34+/m1/s1. The summed E-state index contributed by atoms with van der Waals surface area (Å²) in [6.07, 6.45) is -3.52. The first-order valence-electron chi connectivity index (χ1n) is 15.7. The Morgan fingerprint density at radius 2 is 1.69 bits per heavy atom. The molecule has 0 aromatic heterocycles. The number of phenols is 2. The summed E-state index contributed by atoms with van der Waals surface area (Å²) in [6, 6.07) is 4.51. The summed E-state index contributed by atoms with van der Waals surface area (Å²) in [4.78, 5) is 49.2. The molecule has 5 rings (SSSR count). The van der Waals surface area contributed by atoms with Gasteiger partial charge in [-0.25, -0.2) is 19.2 Å². The number of allylic oxidation sites excluding steroid dienone is 1. The number of anilines is 1. The summed E-state index contributed by atoms with van der Waals surface area (Å²) in [7, 11) is 1.36. The number of nitrogens with one attached hydrogen (secondary N) is 1. The van der Waals surface area contributed by atoms with Gasteiger partial charge in [-0.3, -0.25) is 0 Å². The average Bonchev–Trinajstić information content (AvgIpc) is 3.47. The monoisotopic (exact) mass is 728 g/mol. The van der Waals surface area contributed by atoms with E-state index in [1.165, 1.54) is 60.6 Å². The molecule has 0 saturated carbocycles. The van der Waals surface area contributed by atoms with Crippen LogP contribution in [0.2, 0.25) is 0 Å². The molecule has 0 amide bonds. The molecule has 1 fully saturated rings. The molecule has 0 unspecified atom stereocenters. The molecule has 0 bridgehead atoms. The summed E-state index contributed by atoms with van der Waals surface area (Å²) in [5, 5.41) is 83.5. The van der Waals surface area contributed by atoms with Crippen LogP contribution in [0.4, 0.5) is 5.69 Å². The lowest BCUT2D eigenvalue weighted by atomic mass is 9.99. The Morgan fingerprint density at radius 3 is 2.37 bits per heavy atom. The second-order valence-electron chi connectivity index (χ2n) is 12.1. The number of benzene rings is 2. The predicted molar refractivity (Wildman–Crippen MR) is 176 cm³/mol. The van der Waals surface area contributed by atoms with Crippen LogP contribution in [-0.2, 0) is 35.1 Å². The maximum Gasteiger partial charge on any atom is 0.351 e. The third-order valence-electron chi connectivity index (χ3n) is 8.64. The van der Waals surface area contributed by atoms with Gasteiger partial charge in [-0.05, 0) is 47.1 Å². The van der Waals surface area contributed by atoms with Gasteiger partial charge in [0, 0.05) is 37.2 Å². The number of ether oxygens (including phenoxy) is 4. The van der Waals surface area contributed by atoms with Gasteiger partial charge >= 0.3 is 23.9 Å². The van der Waals surface area contributed by atoms with Crippen LogP contribution in [0.5, 0.6) is 23.0 Å². The zero-order valence-electron chi connectivity index (χ0n) is 27.4. The fraction of sp³-hybridized carbons (Fsp3) is 0.353. The van der Waals surface area contributed by atoms with E-state index in [1.54, 1.807) is 0 Å². The highest BCUT2D eigenvalue weighted by molar-refractivity contribution is 5.89. The van der Waals surface area contributed by atoms with Crippen LogP contribution in [-0.4, -0.2) is 128 Å². The van der Waals surface area contributed by atoms with E-state index in [0.717, 1.165) is 6.08 Å². The van der Waals surface area contributed by atoms with E-state index in [4.69, 9.17) is 18.9 Å². The van der Waals surface area contributed by atoms with E-state index in [0.29, 0.717) is 16.7 Å². The molecule has 2 aromatic rings. The fourth-order valence-electron chi connectivity index (χ4n) is 5.90. The number of aromatic hydroxyl groups is 2. The number of carbonyl (C=O) groups is 4. The number of rotatable bonds is 12. The highest BCUT2D eigenvalue weighted by atomic mass is 16.7. The first-order chi connectivity index (χ1) is 24.7. The quantitative estimate of drug-likeness (QED) is 0.100. The normalized spacial score (nSPS) is 26.3. The van der Waals surface area contributed by atoms with E-state index >= 15 is 0 Å². The maximum absolute atomic E-state index is 12.4. The van der Waals surface area contributed by atoms with E-state index in [-0.39, 0.29) is 48.0 Å².